The Labute approximate surface area is 108 Å². The van der Waals surface area contributed by atoms with Crippen molar-refractivity contribution in [2.24, 2.45) is 0 Å². The minimum Gasteiger partial charge on any atom is -0.447 e. The molecule has 1 aromatic rings. The smallest absolute Gasteiger partial charge is 0.409 e. The molecule has 100 valence electrons. The number of nitrogens with zero attached hydrogens (tertiary/aromatic N) is 1. The molecule has 1 N–H and O–H groups in total. The lowest BCUT2D eigenvalue weighted by Gasteiger charge is -2.24. The van der Waals surface area contributed by atoms with Crippen molar-refractivity contribution in [1.82, 2.24) is 4.90 Å². The summed E-state index contributed by atoms with van der Waals surface area (Å²) in [4.78, 5) is 13.2. The highest BCUT2D eigenvalue weighted by atomic mass is 16.6. The van der Waals surface area contributed by atoms with Crippen molar-refractivity contribution in [1.29, 1.82) is 0 Å². The van der Waals surface area contributed by atoms with Gasteiger partial charge in [-0.1, -0.05) is 30.3 Å². The zero-order valence-electron chi connectivity index (χ0n) is 11.2. The van der Waals surface area contributed by atoms with E-state index in [0.29, 0.717) is 0 Å². The normalized spacial score (nSPS) is 13.8. The van der Waals surface area contributed by atoms with Crippen molar-refractivity contribution in [2.45, 2.75) is 32.4 Å². The number of carbonyl (C=O) groups is 1. The third-order valence-electron chi connectivity index (χ3n) is 2.77. The highest BCUT2D eigenvalue weighted by Gasteiger charge is 2.17. The van der Waals surface area contributed by atoms with Gasteiger partial charge in [0.25, 0.3) is 0 Å². The summed E-state index contributed by atoms with van der Waals surface area (Å²) in [5.41, 5.74) is 1.18. The van der Waals surface area contributed by atoms with Gasteiger partial charge in [0, 0.05) is 13.1 Å². The molecule has 2 unspecified atom stereocenters. The van der Waals surface area contributed by atoms with Crippen molar-refractivity contribution < 1.29 is 14.6 Å². The Hall–Kier alpha value is -1.55. The van der Waals surface area contributed by atoms with Crippen LogP contribution in [0, 0.1) is 0 Å². The predicted molar refractivity (Wildman–Crippen MR) is 70.4 cm³/mol. The summed E-state index contributed by atoms with van der Waals surface area (Å²) in [6.45, 7) is 3.58. The second kappa shape index (κ2) is 7.01. The van der Waals surface area contributed by atoms with Crippen LogP contribution in [0.2, 0.25) is 0 Å². The summed E-state index contributed by atoms with van der Waals surface area (Å²) >= 11 is 0. The molecule has 1 amide bonds. The van der Waals surface area contributed by atoms with E-state index in [1.807, 2.05) is 37.3 Å². The van der Waals surface area contributed by atoms with Gasteiger partial charge in [-0.3, -0.25) is 0 Å². The first-order valence-corrected chi connectivity index (χ1v) is 6.12. The van der Waals surface area contributed by atoms with E-state index in [0.717, 1.165) is 6.42 Å². The summed E-state index contributed by atoms with van der Waals surface area (Å²) in [6.07, 6.45) is -0.257. The molecule has 0 heterocycles. The van der Waals surface area contributed by atoms with Crippen LogP contribution in [0.4, 0.5) is 4.79 Å². The van der Waals surface area contributed by atoms with Crippen molar-refractivity contribution in [2.75, 3.05) is 13.7 Å². The third kappa shape index (κ3) is 4.75. The van der Waals surface area contributed by atoms with Gasteiger partial charge >= 0.3 is 6.09 Å². The van der Waals surface area contributed by atoms with Gasteiger partial charge in [-0.05, 0) is 25.8 Å². The van der Waals surface area contributed by atoms with E-state index in [4.69, 9.17) is 9.84 Å². The zero-order chi connectivity index (χ0) is 13.5. The number of likely N-dealkylation sites (N-methyl/N-ethyl adjacent to an activating group) is 1. The quantitative estimate of drug-likeness (QED) is 0.871. The van der Waals surface area contributed by atoms with Crippen LogP contribution in [0.1, 0.15) is 19.4 Å². The molecule has 0 aliphatic rings. The standard InChI is InChI=1S/C14H21NO3/c1-11(9-13-7-5-4-6-8-13)15(3)14(17)18-10-12(2)16/h4-8,11-12,16H,9-10H2,1-3H3. The van der Waals surface area contributed by atoms with E-state index in [1.54, 1.807) is 18.9 Å². The molecule has 4 nitrogen and oxygen atoms in total. The molecule has 0 saturated heterocycles. The number of amides is 1. The molecule has 18 heavy (non-hydrogen) atoms. The van der Waals surface area contributed by atoms with Gasteiger partial charge in [0.15, 0.2) is 0 Å². The highest BCUT2D eigenvalue weighted by molar-refractivity contribution is 5.67. The van der Waals surface area contributed by atoms with E-state index < -0.39 is 12.2 Å². The topological polar surface area (TPSA) is 49.8 Å². The van der Waals surface area contributed by atoms with Gasteiger partial charge in [0.2, 0.25) is 0 Å². The minimum atomic E-state index is -0.633. The summed E-state index contributed by atoms with van der Waals surface area (Å²) in [5, 5.41) is 9.06. The van der Waals surface area contributed by atoms with E-state index in [1.165, 1.54) is 5.56 Å². The third-order valence-corrected chi connectivity index (χ3v) is 2.77. The molecule has 0 fully saturated rings. The van der Waals surface area contributed by atoms with Crippen molar-refractivity contribution in [3.8, 4) is 0 Å². The lowest BCUT2D eigenvalue weighted by molar-refractivity contribution is 0.0535. The maximum Gasteiger partial charge on any atom is 0.409 e. The first-order chi connectivity index (χ1) is 8.50. The van der Waals surface area contributed by atoms with E-state index in [-0.39, 0.29) is 12.6 Å². The Balaban J connectivity index is 2.45. The van der Waals surface area contributed by atoms with Crippen LogP contribution < -0.4 is 0 Å². The van der Waals surface area contributed by atoms with Crippen LogP contribution in [-0.2, 0) is 11.2 Å². The Morgan fingerprint density at radius 2 is 1.94 bits per heavy atom. The van der Waals surface area contributed by atoms with Gasteiger partial charge in [-0.2, -0.15) is 0 Å². The highest BCUT2D eigenvalue weighted by Crippen LogP contribution is 2.08. The summed E-state index contributed by atoms with van der Waals surface area (Å²) < 4.78 is 4.96. The van der Waals surface area contributed by atoms with Gasteiger partial charge in [0.05, 0.1) is 6.10 Å². The first-order valence-electron chi connectivity index (χ1n) is 6.12. The van der Waals surface area contributed by atoms with Gasteiger partial charge < -0.3 is 14.7 Å². The molecule has 1 rings (SSSR count). The number of aliphatic hydroxyl groups excluding tert-OH is 1. The van der Waals surface area contributed by atoms with Crippen LogP contribution in [0.5, 0.6) is 0 Å². The van der Waals surface area contributed by atoms with Crippen LogP contribution in [0.15, 0.2) is 30.3 Å². The largest absolute Gasteiger partial charge is 0.447 e. The molecule has 0 aliphatic heterocycles. The van der Waals surface area contributed by atoms with E-state index in [2.05, 4.69) is 0 Å². The predicted octanol–water partition coefficient (Wildman–Crippen LogP) is 2.07. The second-order valence-electron chi connectivity index (χ2n) is 4.58. The molecule has 0 saturated carbocycles. The van der Waals surface area contributed by atoms with Gasteiger partial charge in [-0.25, -0.2) is 4.79 Å². The molecule has 0 aromatic heterocycles. The number of aliphatic hydroxyl groups is 1. The average Bonchev–Trinajstić information content (AvgIpc) is 2.36. The lowest BCUT2D eigenvalue weighted by atomic mass is 10.1. The van der Waals surface area contributed by atoms with Crippen molar-refractivity contribution in [3.63, 3.8) is 0 Å². The van der Waals surface area contributed by atoms with Gasteiger partial charge in [-0.15, -0.1) is 0 Å². The molecular weight excluding hydrogens is 230 g/mol. The van der Waals surface area contributed by atoms with Crippen molar-refractivity contribution in [3.05, 3.63) is 35.9 Å². The minimum absolute atomic E-state index is 0.0290. The Kier molecular flexibility index (Phi) is 5.65. The van der Waals surface area contributed by atoms with Crippen LogP contribution >= 0.6 is 0 Å². The van der Waals surface area contributed by atoms with Crippen LogP contribution in [-0.4, -0.2) is 41.9 Å². The molecule has 1 aromatic carbocycles. The summed E-state index contributed by atoms with van der Waals surface area (Å²) in [5.74, 6) is 0. The molecule has 0 bridgehead atoms. The number of rotatable bonds is 5. The molecular formula is C14H21NO3. The number of hydrogen-bond donors (Lipinski definition) is 1. The number of ether oxygens (including phenoxy) is 1. The van der Waals surface area contributed by atoms with Crippen LogP contribution in [0.3, 0.4) is 0 Å². The average molecular weight is 251 g/mol. The fourth-order valence-corrected chi connectivity index (χ4v) is 1.57. The van der Waals surface area contributed by atoms with Crippen molar-refractivity contribution >= 4 is 6.09 Å². The first kappa shape index (κ1) is 14.5. The molecule has 0 spiro atoms. The molecule has 0 radical (unpaired) electrons. The number of benzene rings is 1. The second-order valence-corrected chi connectivity index (χ2v) is 4.58. The Morgan fingerprint density at radius 3 is 2.50 bits per heavy atom. The lowest BCUT2D eigenvalue weighted by Crippen LogP contribution is -2.37. The Morgan fingerprint density at radius 1 is 1.33 bits per heavy atom. The fraction of sp³-hybridized carbons (Fsp3) is 0.500. The zero-order valence-corrected chi connectivity index (χ0v) is 11.2. The molecule has 4 heteroatoms. The summed E-state index contributed by atoms with van der Waals surface area (Å²) in [6, 6.07) is 10.0. The Bertz CT molecular complexity index is 365. The van der Waals surface area contributed by atoms with E-state index in [9.17, 15) is 4.79 Å². The number of hydrogen-bond acceptors (Lipinski definition) is 3. The fourth-order valence-electron chi connectivity index (χ4n) is 1.57. The summed E-state index contributed by atoms with van der Waals surface area (Å²) in [7, 11) is 1.71. The van der Waals surface area contributed by atoms with Crippen LogP contribution in [0.25, 0.3) is 0 Å². The van der Waals surface area contributed by atoms with E-state index >= 15 is 0 Å². The molecule has 0 aliphatic carbocycles. The SMILES string of the molecule is CC(O)COC(=O)N(C)C(C)Cc1ccccc1. The maximum absolute atomic E-state index is 11.7. The monoisotopic (exact) mass is 251 g/mol. The molecule has 2 atom stereocenters. The number of carbonyl (C=O) groups excluding carboxylic acids is 1. The maximum atomic E-state index is 11.7. The van der Waals surface area contributed by atoms with Gasteiger partial charge in [0.1, 0.15) is 6.61 Å².